The Bertz CT molecular complexity index is 1430. The minimum Gasteiger partial charge on any atom is -0.444 e. The molecule has 3 aromatic rings. The van der Waals surface area contributed by atoms with Crippen LogP contribution in [0.5, 0.6) is 0 Å². The van der Waals surface area contributed by atoms with E-state index in [0.29, 0.717) is 24.3 Å². The summed E-state index contributed by atoms with van der Waals surface area (Å²) >= 11 is 0. The van der Waals surface area contributed by atoms with Gasteiger partial charge in [-0.2, -0.15) is 0 Å². The fourth-order valence-corrected chi connectivity index (χ4v) is 4.76. The van der Waals surface area contributed by atoms with Gasteiger partial charge in [0.2, 0.25) is 21.8 Å². The quantitative estimate of drug-likeness (QED) is 0.353. The number of nitrogens with one attached hydrogen (secondary N) is 1. The van der Waals surface area contributed by atoms with Crippen LogP contribution < -0.4 is 9.62 Å². The van der Waals surface area contributed by atoms with Gasteiger partial charge in [0.15, 0.2) is 0 Å². The third-order valence-electron chi connectivity index (χ3n) is 6.70. The van der Waals surface area contributed by atoms with Crippen molar-refractivity contribution in [3.05, 3.63) is 65.5 Å². The number of anilines is 1. The topological polar surface area (TPSA) is 124 Å². The molecule has 0 saturated heterocycles. The smallest absolute Gasteiger partial charge is 0.408 e. The van der Waals surface area contributed by atoms with Crippen LogP contribution >= 0.6 is 0 Å². The number of nitrogens with zero attached hydrogens (tertiary/aromatic N) is 3. The summed E-state index contributed by atoms with van der Waals surface area (Å²) in [6.45, 7) is 7.50. The van der Waals surface area contributed by atoms with Crippen LogP contribution in [0.25, 0.3) is 11.5 Å². The van der Waals surface area contributed by atoms with E-state index in [4.69, 9.17) is 13.9 Å². The summed E-state index contributed by atoms with van der Waals surface area (Å²) in [6, 6.07) is 15.0. The average Bonchev–Trinajstić information content (AvgIpc) is 3.32. The van der Waals surface area contributed by atoms with Gasteiger partial charge in [0.1, 0.15) is 11.1 Å². The molecule has 1 unspecified atom stereocenters. The van der Waals surface area contributed by atoms with Crippen LogP contribution in [0.2, 0.25) is 0 Å². The van der Waals surface area contributed by atoms with Crippen LogP contribution in [0.4, 0.5) is 10.5 Å². The van der Waals surface area contributed by atoms with Gasteiger partial charge in [-0.3, -0.25) is 4.31 Å². The fourth-order valence-electron chi connectivity index (χ4n) is 4.27. The van der Waals surface area contributed by atoms with Crippen molar-refractivity contribution in [3.63, 3.8) is 0 Å². The van der Waals surface area contributed by atoms with E-state index in [0.717, 1.165) is 36.6 Å². The maximum atomic E-state index is 12.8. The molecule has 1 atom stereocenters. The molecular weight excluding hydrogens is 532 g/mol. The lowest BCUT2D eigenvalue weighted by Crippen LogP contribution is -2.47. The second-order valence-corrected chi connectivity index (χ2v) is 13.5. The van der Waals surface area contributed by atoms with Crippen molar-refractivity contribution in [2.24, 2.45) is 0 Å². The highest BCUT2D eigenvalue weighted by molar-refractivity contribution is 7.92. The van der Waals surface area contributed by atoms with Crippen LogP contribution in [-0.2, 0) is 38.1 Å². The molecule has 0 bridgehead atoms. The van der Waals surface area contributed by atoms with Crippen LogP contribution in [0.1, 0.15) is 64.0 Å². The second kappa shape index (κ2) is 11.6. The number of carbonyl (C=O) groups is 1. The molecule has 11 heteroatoms. The zero-order valence-corrected chi connectivity index (χ0v) is 24.7. The van der Waals surface area contributed by atoms with Crippen molar-refractivity contribution in [1.29, 1.82) is 0 Å². The van der Waals surface area contributed by atoms with Crippen LogP contribution in [0.3, 0.4) is 0 Å². The van der Waals surface area contributed by atoms with Crippen LogP contribution in [-0.4, -0.2) is 49.7 Å². The lowest BCUT2D eigenvalue weighted by Gasteiger charge is -2.29. The summed E-state index contributed by atoms with van der Waals surface area (Å²) < 4.78 is 43.5. The van der Waals surface area contributed by atoms with Gasteiger partial charge in [0, 0.05) is 19.0 Å². The minimum atomic E-state index is -3.51. The number of aromatic nitrogens is 2. The number of sulfonamides is 1. The van der Waals surface area contributed by atoms with Gasteiger partial charge in [-0.1, -0.05) is 30.3 Å². The molecule has 4 rings (SSSR count). The normalized spacial score (nSPS) is 15.7. The maximum absolute atomic E-state index is 12.8. The molecule has 0 aliphatic heterocycles. The van der Waals surface area contributed by atoms with Crippen molar-refractivity contribution >= 4 is 21.8 Å². The van der Waals surface area contributed by atoms with E-state index in [9.17, 15) is 13.2 Å². The summed E-state index contributed by atoms with van der Waals surface area (Å²) in [6.07, 6.45) is 4.31. The first-order chi connectivity index (χ1) is 18.7. The predicted octanol–water partition coefficient (Wildman–Crippen LogP) is 5.18. The maximum Gasteiger partial charge on any atom is 0.408 e. The Morgan fingerprint density at radius 1 is 1.07 bits per heavy atom. The third kappa shape index (κ3) is 7.60. The molecule has 216 valence electrons. The minimum absolute atomic E-state index is 0.186. The Balaban J connectivity index is 1.69. The lowest BCUT2D eigenvalue weighted by molar-refractivity contribution is -0.00864. The highest BCUT2D eigenvalue weighted by Gasteiger charge is 2.37. The van der Waals surface area contributed by atoms with Crippen LogP contribution in [0.15, 0.2) is 52.9 Å². The Morgan fingerprint density at radius 3 is 2.38 bits per heavy atom. The van der Waals surface area contributed by atoms with E-state index in [2.05, 4.69) is 15.5 Å². The standard InChI is InChI=1S/C29H38N4O6S/c1-28(2,3)39-27(34)30-29(4,18-20-11-8-7-9-12-20)26-32-31-25(38-26)22-15-21(19-37-24-13-10-14-24)16-23(17-22)33(5)40(6,35)36/h7-9,11-12,15-17,24H,10,13-14,18-19H2,1-6H3,(H,30,34). The number of carbonyl (C=O) groups excluding carboxylic acids is 1. The molecule has 1 aromatic heterocycles. The highest BCUT2D eigenvalue weighted by atomic mass is 32.2. The first-order valence-electron chi connectivity index (χ1n) is 13.3. The molecule has 1 aliphatic rings. The predicted molar refractivity (Wildman–Crippen MR) is 152 cm³/mol. The molecule has 1 amide bonds. The zero-order chi connectivity index (χ0) is 29.1. The van der Waals surface area contributed by atoms with Gasteiger partial charge in [0.05, 0.1) is 24.7 Å². The molecule has 1 fully saturated rings. The Hall–Kier alpha value is -3.44. The number of amides is 1. The number of hydrogen-bond acceptors (Lipinski definition) is 8. The SMILES string of the molecule is CN(c1cc(COC2CCC2)cc(-c2nnc(C(C)(Cc3ccccc3)NC(=O)OC(C)(C)C)o2)c1)S(C)(=O)=O. The molecule has 40 heavy (non-hydrogen) atoms. The zero-order valence-electron chi connectivity index (χ0n) is 23.9. The van der Waals surface area contributed by atoms with E-state index in [-0.39, 0.29) is 17.9 Å². The second-order valence-electron chi connectivity index (χ2n) is 11.5. The largest absolute Gasteiger partial charge is 0.444 e. The molecule has 1 saturated carbocycles. The van der Waals surface area contributed by atoms with Crippen molar-refractivity contribution < 1.29 is 27.1 Å². The van der Waals surface area contributed by atoms with Gasteiger partial charge in [-0.15, -0.1) is 10.2 Å². The summed E-state index contributed by atoms with van der Waals surface area (Å²) in [5.41, 5.74) is 0.944. The first kappa shape index (κ1) is 29.5. The van der Waals surface area contributed by atoms with Gasteiger partial charge in [-0.05, 0) is 76.3 Å². The molecule has 0 spiro atoms. The number of benzene rings is 2. The molecular formula is C29H38N4O6S. The van der Waals surface area contributed by atoms with Gasteiger partial charge in [-0.25, -0.2) is 13.2 Å². The van der Waals surface area contributed by atoms with Crippen LogP contribution in [0, 0.1) is 0 Å². The number of rotatable bonds is 10. The lowest BCUT2D eigenvalue weighted by atomic mass is 9.92. The fraction of sp³-hybridized carbons (Fsp3) is 0.483. The molecule has 0 radical (unpaired) electrons. The monoisotopic (exact) mass is 570 g/mol. The van der Waals surface area contributed by atoms with E-state index < -0.39 is 27.3 Å². The van der Waals surface area contributed by atoms with Crippen molar-refractivity contribution in [2.45, 2.75) is 77.2 Å². The number of alkyl carbamates (subject to hydrolysis) is 1. The number of ether oxygens (including phenoxy) is 2. The Kier molecular flexibility index (Phi) is 8.55. The number of hydrogen-bond donors (Lipinski definition) is 1. The third-order valence-corrected chi connectivity index (χ3v) is 7.90. The van der Waals surface area contributed by atoms with Gasteiger partial charge >= 0.3 is 6.09 Å². The molecule has 10 nitrogen and oxygen atoms in total. The Labute approximate surface area is 236 Å². The molecule has 1 heterocycles. The van der Waals surface area contributed by atoms with E-state index >= 15 is 0 Å². The summed E-state index contributed by atoms with van der Waals surface area (Å²) in [5, 5.41) is 11.5. The molecule has 1 N–H and O–H groups in total. The average molecular weight is 571 g/mol. The van der Waals surface area contributed by atoms with E-state index in [1.54, 1.807) is 39.8 Å². The molecule has 2 aromatic carbocycles. The van der Waals surface area contributed by atoms with Crippen molar-refractivity contribution in [2.75, 3.05) is 17.6 Å². The first-order valence-corrected chi connectivity index (χ1v) is 15.2. The Morgan fingerprint density at radius 2 is 1.77 bits per heavy atom. The summed E-state index contributed by atoms with van der Waals surface area (Å²) in [4.78, 5) is 12.8. The van der Waals surface area contributed by atoms with Crippen molar-refractivity contribution in [3.8, 4) is 11.5 Å². The summed E-state index contributed by atoms with van der Waals surface area (Å²) in [7, 11) is -2.02. The van der Waals surface area contributed by atoms with E-state index in [1.165, 1.54) is 11.4 Å². The van der Waals surface area contributed by atoms with Gasteiger partial charge < -0.3 is 19.2 Å². The summed E-state index contributed by atoms with van der Waals surface area (Å²) in [5.74, 6) is 0.375. The highest BCUT2D eigenvalue weighted by Crippen LogP contribution is 2.32. The molecule has 1 aliphatic carbocycles. The van der Waals surface area contributed by atoms with Crippen molar-refractivity contribution in [1.82, 2.24) is 15.5 Å². The van der Waals surface area contributed by atoms with E-state index in [1.807, 2.05) is 36.4 Å². The van der Waals surface area contributed by atoms with Gasteiger partial charge in [0.25, 0.3) is 0 Å².